The minimum atomic E-state index is 0.484. The number of hydrogen-bond donors (Lipinski definition) is 1. The van der Waals surface area contributed by atoms with E-state index in [2.05, 4.69) is 62.2 Å². The number of piperidine rings is 1. The molecule has 0 radical (unpaired) electrons. The van der Waals surface area contributed by atoms with Gasteiger partial charge in [0, 0.05) is 18.6 Å². The van der Waals surface area contributed by atoms with Gasteiger partial charge in [0.05, 0.1) is 0 Å². The highest BCUT2D eigenvalue weighted by Crippen LogP contribution is 2.24. The fourth-order valence-corrected chi connectivity index (χ4v) is 3.49. The number of hydrogen-bond acceptors (Lipinski definition) is 2. The maximum Gasteiger partial charge on any atom is 0.0320 e. The molecule has 1 aliphatic rings. The topological polar surface area (TPSA) is 15.3 Å². The number of nitrogens with zero attached hydrogens (tertiary/aromatic N) is 1. The summed E-state index contributed by atoms with van der Waals surface area (Å²) in [5.74, 6) is 0.790. The molecule has 1 aromatic carbocycles. The average Bonchev–Trinajstić information content (AvgIpc) is 2.53. The Balaban J connectivity index is 1.95. The summed E-state index contributed by atoms with van der Waals surface area (Å²) in [5.41, 5.74) is 2.77. The number of likely N-dealkylation sites (tertiary alicyclic amines) is 1. The van der Waals surface area contributed by atoms with E-state index in [4.69, 9.17) is 0 Å². The van der Waals surface area contributed by atoms with Gasteiger partial charge in [0.25, 0.3) is 0 Å². The number of nitrogens with one attached hydrogen (secondary N) is 1. The molecule has 0 bridgehead atoms. The molecule has 0 amide bonds. The molecule has 2 heteroatoms. The van der Waals surface area contributed by atoms with Crippen LogP contribution >= 0.6 is 0 Å². The van der Waals surface area contributed by atoms with E-state index in [0.29, 0.717) is 12.1 Å². The molecule has 1 aromatic rings. The molecular formula is C19H32N2. The number of rotatable bonds is 6. The predicted octanol–water partition coefficient (Wildman–Crippen LogP) is 4.16. The zero-order valence-corrected chi connectivity index (χ0v) is 14.2. The van der Waals surface area contributed by atoms with Crippen molar-refractivity contribution in [2.45, 2.75) is 59.0 Å². The van der Waals surface area contributed by atoms with Crippen molar-refractivity contribution in [1.29, 1.82) is 0 Å². The van der Waals surface area contributed by atoms with Gasteiger partial charge in [-0.3, -0.25) is 0 Å². The zero-order chi connectivity index (χ0) is 15.2. The van der Waals surface area contributed by atoms with Crippen LogP contribution in [0.3, 0.4) is 0 Å². The lowest BCUT2D eigenvalue weighted by atomic mass is 9.90. The standard InChI is InChI=1S/C19H32N2/c1-5-19(17-11-9-15(3)10-12-17)20-16(4)18-8-7-13-21(6-2)14-18/h9-12,16,18-20H,5-8,13-14H2,1-4H3. The van der Waals surface area contributed by atoms with Crippen molar-refractivity contribution < 1.29 is 0 Å². The SMILES string of the molecule is CCC(NC(C)C1CCCN(CC)C1)c1ccc(C)cc1. The summed E-state index contributed by atoms with van der Waals surface area (Å²) >= 11 is 0. The lowest BCUT2D eigenvalue weighted by molar-refractivity contribution is 0.152. The summed E-state index contributed by atoms with van der Waals surface area (Å²) in [6.45, 7) is 12.8. The van der Waals surface area contributed by atoms with Crippen LogP contribution in [0.1, 0.15) is 57.2 Å². The van der Waals surface area contributed by atoms with Gasteiger partial charge in [0.2, 0.25) is 0 Å². The van der Waals surface area contributed by atoms with Crippen molar-refractivity contribution in [3.05, 3.63) is 35.4 Å². The molecule has 118 valence electrons. The van der Waals surface area contributed by atoms with Crippen molar-refractivity contribution in [1.82, 2.24) is 10.2 Å². The Bertz CT molecular complexity index is 412. The fraction of sp³-hybridized carbons (Fsp3) is 0.684. The molecule has 2 nitrogen and oxygen atoms in total. The normalized spacial score (nSPS) is 23.0. The summed E-state index contributed by atoms with van der Waals surface area (Å²) < 4.78 is 0. The van der Waals surface area contributed by atoms with Gasteiger partial charge in [-0.15, -0.1) is 0 Å². The van der Waals surface area contributed by atoms with E-state index < -0.39 is 0 Å². The second-order valence-corrected chi connectivity index (χ2v) is 6.62. The van der Waals surface area contributed by atoms with Crippen LogP contribution in [0.15, 0.2) is 24.3 Å². The van der Waals surface area contributed by atoms with Gasteiger partial charge in [-0.2, -0.15) is 0 Å². The van der Waals surface area contributed by atoms with Crippen LogP contribution in [0.5, 0.6) is 0 Å². The van der Waals surface area contributed by atoms with Gasteiger partial charge in [-0.1, -0.05) is 43.7 Å². The van der Waals surface area contributed by atoms with Gasteiger partial charge in [0.1, 0.15) is 0 Å². The molecule has 1 N–H and O–H groups in total. The monoisotopic (exact) mass is 288 g/mol. The molecule has 1 saturated heterocycles. The number of benzene rings is 1. The Kier molecular flexibility index (Phi) is 6.25. The summed E-state index contributed by atoms with van der Waals surface area (Å²) in [5, 5.41) is 3.89. The van der Waals surface area contributed by atoms with Gasteiger partial charge >= 0.3 is 0 Å². The first-order chi connectivity index (χ1) is 10.1. The van der Waals surface area contributed by atoms with Crippen LogP contribution in [-0.2, 0) is 0 Å². The van der Waals surface area contributed by atoms with Crippen molar-refractivity contribution in [3.8, 4) is 0 Å². The second kappa shape index (κ2) is 7.95. The summed E-state index contributed by atoms with van der Waals surface area (Å²) in [6, 6.07) is 10.1. The molecule has 1 fully saturated rings. The Morgan fingerprint density at radius 1 is 1.24 bits per heavy atom. The Hall–Kier alpha value is -0.860. The predicted molar refractivity (Wildman–Crippen MR) is 91.6 cm³/mol. The van der Waals surface area contributed by atoms with E-state index in [1.807, 2.05) is 0 Å². The third-order valence-corrected chi connectivity index (χ3v) is 5.05. The second-order valence-electron chi connectivity index (χ2n) is 6.62. The quantitative estimate of drug-likeness (QED) is 0.845. The van der Waals surface area contributed by atoms with E-state index in [9.17, 15) is 0 Å². The maximum absolute atomic E-state index is 3.89. The molecule has 0 aromatic heterocycles. The number of aryl methyl sites for hydroxylation is 1. The smallest absolute Gasteiger partial charge is 0.0320 e. The van der Waals surface area contributed by atoms with Crippen LogP contribution in [0, 0.1) is 12.8 Å². The molecule has 3 atom stereocenters. The van der Waals surface area contributed by atoms with Crippen LogP contribution in [0.25, 0.3) is 0 Å². The fourth-order valence-electron chi connectivity index (χ4n) is 3.49. The Labute approximate surface area is 130 Å². The highest BCUT2D eigenvalue weighted by Gasteiger charge is 2.25. The molecule has 0 spiro atoms. The van der Waals surface area contributed by atoms with E-state index in [-0.39, 0.29) is 0 Å². The van der Waals surface area contributed by atoms with Crippen molar-refractivity contribution in [2.75, 3.05) is 19.6 Å². The lowest BCUT2D eigenvalue weighted by Gasteiger charge is -2.37. The van der Waals surface area contributed by atoms with E-state index in [0.717, 1.165) is 12.3 Å². The minimum Gasteiger partial charge on any atom is -0.307 e. The molecule has 21 heavy (non-hydrogen) atoms. The van der Waals surface area contributed by atoms with Crippen LogP contribution < -0.4 is 5.32 Å². The van der Waals surface area contributed by atoms with Gasteiger partial charge in [-0.05, 0) is 57.7 Å². The third-order valence-electron chi connectivity index (χ3n) is 5.05. The van der Waals surface area contributed by atoms with Crippen LogP contribution in [0.4, 0.5) is 0 Å². The molecule has 2 rings (SSSR count). The van der Waals surface area contributed by atoms with E-state index in [1.165, 1.54) is 43.6 Å². The van der Waals surface area contributed by atoms with E-state index in [1.54, 1.807) is 0 Å². The van der Waals surface area contributed by atoms with Crippen molar-refractivity contribution in [2.24, 2.45) is 5.92 Å². The van der Waals surface area contributed by atoms with Crippen LogP contribution in [0.2, 0.25) is 0 Å². The lowest BCUT2D eigenvalue weighted by Crippen LogP contribution is -2.45. The minimum absolute atomic E-state index is 0.484. The highest BCUT2D eigenvalue weighted by molar-refractivity contribution is 5.24. The third kappa shape index (κ3) is 4.55. The molecule has 1 aliphatic heterocycles. The highest BCUT2D eigenvalue weighted by atomic mass is 15.1. The average molecular weight is 288 g/mol. The summed E-state index contributed by atoms with van der Waals surface area (Å²) in [4.78, 5) is 2.60. The van der Waals surface area contributed by atoms with Crippen molar-refractivity contribution >= 4 is 0 Å². The summed E-state index contributed by atoms with van der Waals surface area (Å²) in [7, 11) is 0. The Morgan fingerprint density at radius 2 is 1.95 bits per heavy atom. The molecular weight excluding hydrogens is 256 g/mol. The summed E-state index contributed by atoms with van der Waals surface area (Å²) in [6.07, 6.45) is 3.87. The molecule has 3 unspecified atom stereocenters. The molecule has 1 heterocycles. The molecule has 0 aliphatic carbocycles. The van der Waals surface area contributed by atoms with Crippen molar-refractivity contribution in [3.63, 3.8) is 0 Å². The first kappa shape index (κ1) is 16.5. The first-order valence-electron chi connectivity index (χ1n) is 8.69. The first-order valence-corrected chi connectivity index (χ1v) is 8.69. The van der Waals surface area contributed by atoms with Crippen LogP contribution in [-0.4, -0.2) is 30.6 Å². The zero-order valence-electron chi connectivity index (χ0n) is 14.2. The largest absolute Gasteiger partial charge is 0.307 e. The van der Waals surface area contributed by atoms with Gasteiger partial charge < -0.3 is 10.2 Å². The molecule has 0 saturated carbocycles. The van der Waals surface area contributed by atoms with Gasteiger partial charge in [0.15, 0.2) is 0 Å². The maximum atomic E-state index is 3.89. The van der Waals surface area contributed by atoms with E-state index >= 15 is 0 Å². The Morgan fingerprint density at radius 3 is 2.57 bits per heavy atom. The van der Waals surface area contributed by atoms with Gasteiger partial charge in [-0.25, -0.2) is 0 Å².